The molecule has 3 unspecified atom stereocenters. The molecule has 3 N–H and O–H groups in total. The molecule has 3 heterocycles. The number of halogens is 5. The molecule has 3 aliphatic rings. The van der Waals surface area contributed by atoms with Crippen LogP contribution < -0.4 is 5.32 Å². The SMILES string of the molecule is O=C(O)[C@H]1C2CCC3(CC23)[C@@H]1Nc1nc(-c2c[nH]c3ncc(F)cc23)nc(SCC(F)(F)F)c1F. The second-order valence-electron chi connectivity index (χ2n) is 9.40. The van der Waals surface area contributed by atoms with Crippen LogP contribution in [-0.2, 0) is 4.79 Å². The number of carbonyl (C=O) groups is 1. The number of nitrogens with zero attached hydrogens (tertiary/aromatic N) is 3. The molecule has 3 aromatic heterocycles. The lowest BCUT2D eigenvalue weighted by Gasteiger charge is -2.34. The van der Waals surface area contributed by atoms with Gasteiger partial charge in [0.1, 0.15) is 16.5 Å². The standard InChI is InChI=1S/C22H18F5N5O2S/c23-8-3-10-11(6-29-16(10)28-5-8)17-31-18(14(24)19(32-17)35-7-22(25,26)27)30-15-13(20(33)34)9-1-2-21(15)4-12(9)21/h3,5-6,9,12-13,15H,1-2,4,7H2,(H,28,29)(H,33,34)(H,30,31,32)/t9?,12?,13-,15+,21?/m0/s1. The monoisotopic (exact) mass is 511 g/mol. The summed E-state index contributed by atoms with van der Waals surface area (Å²) in [5, 5.41) is 12.5. The highest BCUT2D eigenvalue weighted by Gasteiger charge is 2.75. The minimum atomic E-state index is -4.57. The van der Waals surface area contributed by atoms with E-state index in [2.05, 4.69) is 25.3 Å². The third kappa shape index (κ3) is 3.54. The summed E-state index contributed by atoms with van der Waals surface area (Å²) in [6.45, 7) is 0. The maximum atomic E-state index is 15.4. The van der Waals surface area contributed by atoms with Crippen molar-refractivity contribution in [3.05, 3.63) is 30.1 Å². The number of carboxylic acid groups (broad SMARTS) is 1. The van der Waals surface area contributed by atoms with E-state index in [0.717, 1.165) is 25.5 Å². The van der Waals surface area contributed by atoms with Crippen LogP contribution in [-0.4, -0.2) is 49.0 Å². The fourth-order valence-electron chi connectivity index (χ4n) is 6.16. The van der Waals surface area contributed by atoms with E-state index in [9.17, 15) is 27.5 Å². The zero-order valence-electron chi connectivity index (χ0n) is 17.9. The van der Waals surface area contributed by atoms with Gasteiger partial charge in [-0.1, -0.05) is 11.8 Å². The second kappa shape index (κ2) is 7.52. The Bertz CT molecular complexity index is 1360. The van der Waals surface area contributed by atoms with Gasteiger partial charge in [-0.2, -0.15) is 17.6 Å². The van der Waals surface area contributed by atoms with Gasteiger partial charge in [-0.25, -0.2) is 19.3 Å². The molecule has 3 saturated carbocycles. The lowest BCUT2D eigenvalue weighted by Crippen LogP contribution is -2.43. The molecule has 3 fully saturated rings. The average molecular weight is 511 g/mol. The van der Waals surface area contributed by atoms with Gasteiger partial charge in [-0.15, -0.1) is 0 Å². The predicted molar refractivity (Wildman–Crippen MR) is 116 cm³/mol. The number of alkyl halides is 3. The van der Waals surface area contributed by atoms with E-state index in [1.54, 1.807) is 0 Å². The number of pyridine rings is 1. The Balaban J connectivity index is 1.43. The lowest BCUT2D eigenvalue weighted by atomic mass is 9.77. The highest BCUT2D eigenvalue weighted by atomic mass is 32.2. The van der Waals surface area contributed by atoms with Crippen LogP contribution in [0.5, 0.6) is 0 Å². The number of aromatic nitrogens is 4. The van der Waals surface area contributed by atoms with Crippen molar-refractivity contribution in [1.82, 2.24) is 19.9 Å². The normalized spacial score (nSPS) is 28.9. The first-order chi connectivity index (χ1) is 16.6. The first kappa shape index (κ1) is 22.5. The molecular weight excluding hydrogens is 493 g/mol. The van der Waals surface area contributed by atoms with Gasteiger partial charge in [0.25, 0.3) is 0 Å². The number of thioether (sulfide) groups is 1. The van der Waals surface area contributed by atoms with Gasteiger partial charge in [0.15, 0.2) is 17.5 Å². The molecule has 0 aliphatic heterocycles. The summed E-state index contributed by atoms with van der Waals surface area (Å²) >= 11 is 0.171. The van der Waals surface area contributed by atoms with E-state index in [0.29, 0.717) is 5.65 Å². The largest absolute Gasteiger partial charge is 0.481 e. The Hall–Kier alpha value is -2.96. The van der Waals surface area contributed by atoms with Crippen LogP contribution in [0.15, 0.2) is 23.5 Å². The van der Waals surface area contributed by atoms with Gasteiger partial charge in [-0.3, -0.25) is 4.79 Å². The van der Waals surface area contributed by atoms with Crippen molar-refractivity contribution >= 4 is 34.6 Å². The number of aromatic amines is 1. The Morgan fingerprint density at radius 1 is 1.31 bits per heavy atom. The topological polar surface area (TPSA) is 104 Å². The molecular formula is C22H18F5N5O2S. The highest BCUT2D eigenvalue weighted by molar-refractivity contribution is 7.99. The molecule has 35 heavy (non-hydrogen) atoms. The number of aliphatic carboxylic acids is 1. The molecule has 0 spiro atoms. The summed E-state index contributed by atoms with van der Waals surface area (Å²) in [5.41, 5.74) is 0.263. The number of hydrogen-bond acceptors (Lipinski definition) is 6. The molecule has 13 heteroatoms. The summed E-state index contributed by atoms with van der Waals surface area (Å²) in [5.74, 6) is -5.08. The highest BCUT2D eigenvalue weighted by Crippen LogP contribution is 2.76. The first-order valence-electron chi connectivity index (χ1n) is 11.0. The van der Waals surface area contributed by atoms with Crippen LogP contribution in [0.1, 0.15) is 19.3 Å². The average Bonchev–Trinajstić information content (AvgIpc) is 3.07. The van der Waals surface area contributed by atoms with Gasteiger partial charge in [0.05, 0.1) is 17.9 Å². The third-order valence-corrected chi connectivity index (χ3v) is 8.60. The van der Waals surface area contributed by atoms with Crippen molar-refractivity contribution in [3.8, 4) is 11.4 Å². The fourth-order valence-corrected chi connectivity index (χ4v) is 6.83. The first-order valence-corrected chi connectivity index (χ1v) is 12.0. The van der Waals surface area contributed by atoms with Crippen LogP contribution in [0.25, 0.3) is 22.4 Å². The summed E-state index contributed by atoms with van der Waals surface area (Å²) in [7, 11) is 0. The third-order valence-electron chi connectivity index (χ3n) is 7.59. The summed E-state index contributed by atoms with van der Waals surface area (Å²) in [4.78, 5) is 27.0. The molecule has 0 radical (unpaired) electrons. The maximum Gasteiger partial charge on any atom is 0.398 e. The number of hydrogen-bond donors (Lipinski definition) is 3. The minimum Gasteiger partial charge on any atom is -0.481 e. The number of H-pyrrole nitrogens is 1. The van der Waals surface area contributed by atoms with Crippen LogP contribution in [0.2, 0.25) is 0 Å². The van der Waals surface area contributed by atoms with Gasteiger partial charge < -0.3 is 15.4 Å². The Morgan fingerprint density at radius 3 is 2.83 bits per heavy atom. The summed E-state index contributed by atoms with van der Waals surface area (Å²) in [6, 6.07) is 0.573. The molecule has 7 nitrogen and oxygen atoms in total. The molecule has 5 atom stereocenters. The smallest absolute Gasteiger partial charge is 0.398 e. The molecule has 0 saturated heterocycles. The van der Waals surface area contributed by atoms with E-state index >= 15 is 4.39 Å². The minimum absolute atomic E-state index is 0.0175. The Labute approximate surface area is 198 Å². The molecule has 0 amide bonds. The van der Waals surface area contributed by atoms with Gasteiger partial charge in [0.2, 0.25) is 0 Å². The zero-order chi connectivity index (χ0) is 24.7. The maximum absolute atomic E-state index is 15.4. The van der Waals surface area contributed by atoms with E-state index < -0.39 is 46.5 Å². The molecule has 184 valence electrons. The predicted octanol–water partition coefficient (Wildman–Crippen LogP) is 4.86. The van der Waals surface area contributed by atoms with Crippen molar-refractivity contribution in [3.63, 3.8) is 0 Å². The van der Waals surface area contributed by atoms with Crippen LogP contribution in [0, 0.1) is 34.8 Å². The van der Waals surface area contributed by atoms with Crippen molar-refractivity contribution in [2.24, 2.45) is 23.2 Å². The van der Waals surface area contributed by atoms with Crippen molar-refractivity contribution < 1.29 is 31.9 Å². The van der Waals surface area contributed by atoms with Gasteiger partial charge in [0, 0.05) is 23.2 Å². The van der Waals surface area contributed by atoms with Crippen LogP contribution in [0.3, 0.4) is 0 Å². The fraction of sp³-hybridized carbons (Fsp3) is 0.455. The number of nitrogens with one attached hydrogen (secondary N) is 2. The molecule has 3 aliphatic carbocycles. The Morgan fingerprint density at radius 2 is 2.11 bits per heavy atom. The zero-order valence-corrected chi connectivity index (χ0v) is 18.7. The molecule has 0 aromatic carbocycles. The summed E-state index contributed by atoms with van der Waals surface area (Å²) < 4.78 is 67.9. The number of anilines is 1. The Kier molecular flexibility index (Phi) is 4.83. The number of fused-ring (bicyclic) bond motifs is 1. The number of rotatable bonds is 6. The van der Waals surface area contributed by atoms with Crippen molar-refractivity contribution in [2.75, 3.05) is 11.1 Å². The van der Waals surface area contributed by atoms with Gasteiger partial charge >= 0.3 is 12.1 Å². The van der Waals surface area contributed by atoms with Crippen molar-refractivity contribution in [2.45, 2.75) is 36.5 Å². The van der Waals surface area contributed by atoms with E-state index in [4.69, 9.17) is 0 Å². The molecule has 3 aromatic rings. The summed E-state index contributed by atoms with van der Waals surface area (Å²) in [6.07, 6.45) is 0.284. The van der Waals surface area contributed by atoms with Gasteiger partial charge in [-0.05, 0) is 42.6 Å². The molecule has 6 rings (SSSR count). The molecule has 2 bridgehead atoms. The van der Waals surface area contributed by atoms with Crippen molar-refractivity contribution in [1.29, 1.82) is 0 Å². The van der Waals surface area contributed by atoms with E-state index in [-0.39, 0.29) is 51.6 Å². The van der Waals surface area contributed by atoms with E-state index in [1.807, 2.05) is 0 Å². The van der Waals surface area contributed by atoms with E-state index in [1.165, 1.54) is 12.3 Å². The van der Waals surface area contributed by atoms with Crippen LogP contribution >= 0.6 is 11.8 Å². The quantitative estimate of drug-likeness (QED) is 0.247. The number of carboxylic acids is 1. The second-order valence-corrected chi connectivity index (χ2v) is 10.4. The lowest BCUT2D eigenvalue weighted by molar-refractivity contribution is -0.144. The van der Waals surface area contributed by atoms with Crippen LogP contribution in [0.4, 0.5) is 27.8 Å².